The average molecular weight is 293 g/mol. The van der Waals surface area contributed by atoms with E-state index in [0.717, 1.165) is 17.4 Å². The van der Waals surface area contributed by atoms with Gasteiger partial charge < -0.3 is 9.84 Å². The summed E-state index contributed by atoms with van der Waals surface area (Å²) in [6, 6.07) is 1.13. The molecule has 0 atom stereocenters. The first-order valence-corrected chi connectivity index (χ1v) is 7.41. The lowest BCUT2D eigenvalue weighted by molar-refractivity contribution is 0.0276. The Balaban J connectivity index is 2.83. The molecule has 0 aliphatic heterocycles. The lowest BCUT2D eigenvalue weighted by Crippen LogP contribution is -2.39. The maximum atomic E-state index is 11.9. The van der Waals surface area contributed by atoms with Crippen molar-refractivity contribution in [2.24, 2.45) is 0 Å². The molecule has 0 radical (unpaired) electrons. The van der Waals surface area contributed by atoms with Gasteiger partial charge in [0.1, 0.15) is 4.88 Å². The van der Waals surface area contributed by atoms with Gasteiger partial charge in [-0.25, -0.2) is 17.9 Å². The molecule has 1 aromatic rings. The number of hydrogen-bond acceptors (Lipinski definition) is 5. The molecule has 0 spiro atoms. The summed E-state index contributed by atoms with van der Waals surface area (Å²) in [4.78, 5) is 10.6. The van der Waals surface area contributed by atoms with Crippen LogP contribution in [0, 0.1) is 0 Å². The molecule has 0 amide bonds. The molecule has 0 aliphatic rings. The van der Waals surface area contributed by atoms with Crippen molar-refractivity contribution in [3.05, 3.63) is 16.3 Å². The molecule has 0 bridgehead atoms. The van der Waals surface area contributed by atoms with Crippen LogP contribution in [0.5, 0.6) is 0 Å². The number of aromatic carboxylic acids is 1. The van der Waals surface area contributed by atoms with Crippen LogP contribution in [0.1, 0.15) is 23.5 Å². The van der Waals surface area contributed by atoms with Crippen molar-refractivity contribution in [3.8, 4) is 0 Å². The smallest absolute Gasteiger partial charge is 0.345 e. The molecule has 0 unspecified atom stereocenters. The van der Waals surface area contributed by atoms with Gasteiger partial charge in [0.25, 0.3) is 0 Å². The zero-order valence-electron chi connectivity index (χ0n) is 10.3. The van der Waals surface area contributed by atoms with Crippen molar-refractivity contribution >= 4 is 27.3 Å². The van der Waals surface area contributed by atoms with Crippen molar-refractivity contribution in [2.75, 3.05) is 13.7 Å². The highest BCUT2D eigenvalue weighted by atomic mass is 32.2. The first-order valence-electron chi connectivity index (χ1n) is 5.04. The van der Waals surface area contributed by atoms with Crippen LogP contribution in [0.4, 0.5) is 0 Å². The van der Waals surface area contributed by atoms with Crippen molar-refractivity contribution < 1.29 is 23.1 Å². The number of thiophene rings is 1. The first kappa shape index (κ1) is 15.1. The summed E-state index contributed by atoms with van der Waals surface area (Å²) in [7, 11) is -2.21. The fourth-order valence-corrected chi connectivity index (χ4v) is 3.31. The van der Waals surface area contributed by atoms with Gasteiger partial charge in [0.05, 0.1) is 10.5 Å². The maximum Gasteiger partial charge on any atom is 0.345 e. The summed E-state index contributed by atoms with van der Waals surface area (Å²) in [5, 5.41) is 10.0. The van der Waals surface area contributed by atoms with Crippen LogP contribution in [0.15, 0.2) is 16.3 Å². The summed E-state index contributed by atoms with van der Waals surface area (Å²) >= 11 is 0.874. The number of sulfonamides is 1. The Labute approximate surface area is 110 Å². The van der Waals surface area contributed by atoms with E-state index in [2.05, 4.69) is 4.72 Å². The zero-order chi connectivity index (χ0) is 14.0. The van der Waals surface area contributed by atoms with E-state index in [1.807, 2.05) is 0 Å². The lowest BCUT2D eigenvalue weighted by Gasteiger charge is -2.22. The van der Waals surface area contributed by atoms with Crippen molar-refractivity contribution in [1.82, 2.24) is 4.72 Å². The number of ether oxygens (including phenoxy) is 1. The minimum atomic E-state index is -3.70. The largest absolute Gasteiger partial charge is 0.477 e. The number of rotatable bonds is 6. The summed E-state index contributed by atoms with van der Waals surface area (Å²) in [6.45, 7) is 3.59. The summed E-state index contributed by atoms with van der Waals surface area (Å²) in [5.41, 5.74) is -0.626. The van der Waals surface area contributed by atoms with Crippen molar-refractivity contribution in [3.63, 3.8) is 0 Å². The summed E-state index contributed by atoms with van der Waals surface area (Å²) in [6.07, 6.45) is 0. The third-order valence-electron chi connectivity index (χ3n) is 2.34. The Kier molecular flexibility index (Phi) is 4.49. The number of nitrogens with one attached hydrogen (secondary N) is 1. The normalized spacial score (nSPS) is 12.6. The van der Waals surface area contributed by atoms with Crippen LogP contribution in [0.2, 0.25) is 0 Å². The molecule has 8 heteroatoms. The highest BCUT2D eigenvalue weighted by Crippen LogP contribution is 2.19. The number of hydrogen-bond donors (Lipinski definition) is 2. The minimum absolute atomic E-state index is 0.0126. The van der Waals surface area contributed by atoms with Crippen LogP contribution in [-0.2, 0) is 14.8 Å². The molecule has 0 saturated heterocycles. The number of carboxylic acids is 1. The molecule has 0 fully saturated rings. The SMILES string of the molecule is COC(C)(C)CNS(=O)(=O)c1csc(C(=O)O)c1. The molecular weight excluding hydrogens is 278 g/mol. The van der Waals surface area contributed by atoms with Gasteiger partial charge in [-0.1, -0.05) is 0 Å². The monoisotopic (exact) mass is 293 g/mol. The van der Waals surface area contributed by atoms with Gasteiger partial charge in [0.2, 0.25) is 10.0 Å². The van der Waals surface area contributed by atoms with Crippen molar-refractivity contribution in [1.29, 1.82) is 0 Å². The van der Waals surface area contributed by atoms with Crippen LogP contribution in [0.3, 0.4) is 0 Å². The molecule has 2 N–H and O–H groups in total. The Morgan fingerprint density at radius 1 is 1.56 bits per heavy atom. The summed E-state index contributed by atoms with van der Waals surface area (Å²) in [5.74, 6) is -1.14. The Bertz CT molecular complexity index is 532. The quantitative estimate of drug-likeness (QED) is 0.820. The molecule has 18 heavy (non-hydrogen) atoms. The number of methoxy groups -OCH3 is 1. The first-order chi connectivity index (χ1) is 8.18. The Morgan fingerprint density at radius 3 is 2.61 bits per heavy atom. The molecule has 1 aromatic heterocycles. The van der Waals surface area contributed by atoms with E-state index in [-0.39, 0.29) is 16.3 Å². The van der Waals surface area contributed by atoms with Crippen LogP contribution in [-0.4, -0.2) is 38.7 Å². The van der Waals surface area contributed by atoms with Gasteiger partial charge in [-0.3, -0.25) is 0 Å². The standard InChI is InChI=1S/C10H15NO5S2/c1-10(2,16-3)6-11-18(14,15)7-4-8(9(12)13)17-5-7/h4-5,11H,6H2,1-3H3,(H,12,13). The van der Waals surface area contributed by atoms with Gasteiger partial charge in [0.15, 0.2) is 0 Å². The summed E-state index contributed by atoms with van der Waals surface area (Å²) < 4.78 is 31.2. The predicted molar refractivity (Wildman–Crippen MR) is 67.6 cm³/mol. The molecule has 6 nitrogen and oxygen atoms in total. The van der Waals surface area contributed by atoms with E-state index in [4.69, 9.17) is 9.84 Å². The topological polar surface area (TPSA) is 92.7 Å². The minimum Gasteiger partial charge on any atom is -0.477 e. The fraction of sp³-hybridized carbons (Fsp3) is 0.500. The van der Waals surface area contributed by atoms with Gasteiger partial charge in [0, 0.05) is 19.0 Å². The Hall–Kier alpha value is -0.960. The van der Waals surface area contributed by atoms with Gasteiger partial charge >= 0.3 is 5.97 Å². The number of carbonyl (C=O) groups is 1. The third-order valence-corrected chi connectivity index (χ3v) is 4.79. The molecule has 1 rings (SSSR count). The predicted octanol–water partition coefficient (Wildman–Crippen LogP) is 1.15. The van der Waals surface area contributed by atoms with E-state index < -0.39 is 21.6 Å². The second-order valence-corrected chi connectivity index (χ2v) is 6.92. The molecule has 0 aromatic carbocycles. The van der Waals surface area contributed by atoms with Crippen molar-refractivity contribution in [2.45, 2.75) is 24.3 Å². The fourth-order valence-electron chi connectivity index (χ4n) is 0.996. The lowest BCUT2D eigenvalue weighted by atomic mass is 10.1. The average Bonchev–Trinajstić information content (AvgIpc) is 2.77. The highest BCUT2D eigenvalue weighted by Gasteiger charge is 2.23. The van der Waals surface area contributed by atoms with Gasteiger partial charge in [-0.2, -0.15) is 0 Å². The van der Waals surface area contributed by atoms with Crippen LogP contribution >= 0.6 is 11.3 Å². The van der Waals surface area contributed by atoms with E-state index in [1.165, 1.54) is 12.5 Å². The molecular formula is C10H15NO5S2. The van der Waals surface area contributed by atoms with Crippen LogP contribution in [0.25, 0.3) is 0 Å². The second kappa shape index (κ2) is 5.35. The van der Waals surface area contributed by atoms with E-state index in [0.29, 0.717) is 0 Å². The van der Waals surface area contributed by atoms with E-state index >= 15 is 0 Å². The molecule has 102 valence electrons. The van der Waals surface area contributed by atoms with Gasteiger partial charge in [-0.05, 0) is 19.9 Å². The maximum absolute atomic E-state index is 11.9. The van der Waals surface area contributed by atoms with E-state index in [9.17, 15) is 13.2 Å². The number of carboxylic acid groups (broad SMARTS) is 1. The second-order valence-electron chi connectivity index (χ2n) is 4.24. The van der Waals surface area contributed by atoms with E-state index in [1.54, 1.807) is 13.8 Å². The van der Waals surface area contributed by atoms with Crippen LogP contribution < -0.4 is 4.72 Å². The highest BCUT2D eigenvalue weighted by molar-refractivity contribution is 7.89. The Morgan fingerprint density at radius 2 is 2.17 bits per heavy atom. The third kappa shape index (κ3) is 3.77. The molecule has 0 aliphatic carbocycles. The van der Waals surface area contributed by atoms with Gasteiger partial charge in [-0.15, -0.1) is 11.3 Å². The molecule has 1 heterocycles. The molecule has 0 saturated carbocycles. The zero-order valence-corrected chi connectivity index (χ0v) is 11.9.